The van der Waals surface area contributed by atoms with Crippen LogP contribution in [0.1, 0.15) is 31.4 Å². The Kier molecular flexibility index (Phi) is 3.55. The molecule has 1 heterocycles. The number of hydrogen-bond donors (Lipinski definition) is 2. The van der Waals surface area contributed by atoms with E-state index in [4.69, 9.17) is 5.73 Å². The number of aliphatic hydroxyl groups is 1. The van der Waals surface area contributed by atoms with Crippen LogP contribution in [0.15, 0.2) is 6.20 Å². The van der Waals surface area contributed by atoms with E-state index in [1.165, 1.54) is 11.7 Å². The van der Waals surface area contributed by atoms with Crippen LogP contribution in [-0.4, -0.2) is 32.0 Å². The van der Waals surface area contributed by atoms with Crippen molar-refractivity contribution < 1.29 is 14.4 Å². The van der Waals surface area contributed by atoms with E-state index in [1.54, 1.807) is 0 Å². The predicted molar refractivity (Wildman–Crippen MR) is 65.1 cm³/mol. The standard InChI is InChI=1S/C11H17FN4O3/c1-15-10(8(6-14-15)16(18)19)11(12)4-2-7(13)9(17)3-5-11/h6-7,9,17H,2-5,13H2,1H3/t7?,9-,11?/m1/s1. The average Bonchev–Trinajstić information content (AvgIpc) is 2.70. The number of aliphatic hydroxyl groups excluding tert-OH is 1. The van der Waals surface area contributed by atoms with Crippen molar-refractivity contribution in [2.45, 2.75) is 43.5 Å². The van der Waals surface area contributed by atoms with Crippen molar-refractivity contribution in [3.8, 4) is 0 Å². The molecule has 19 heavy (non-hydrogen) atoms. The van der Waals surface area contributed by atoms with Crippen molar-refractivity contribution in [3.63, 3.8) is 0 Å². The predicted octanol–water partition coefficient (Wildman–Crippen LogP) is 0.755. The fourth-order valence-corrected chi connectivity index (χ4v) is 2.62. The van der Waals surface area contributed by atoms with Crippen LogP contribution in [0.25, 0.3) is 0 Å². The molecule has 1 aliphatic carbocycles. The molecule has 7 nitrogen and oxygen atoms in total. The van der Waals surface area contributed by atoms with E-state index in [-0.39, 0.29) is 37.1 Å². The van der Waals surface area contributed by atoms with Gasteiger partial charge in [-0.15, -0.1) is 0 Å². The summed E-state index contributed by atoms with van der Waals surface area (Å²) in [4.78, 5) is 10.3. The van der Waals surface area contributed by atoms with Crippen LogP contribution in [0.5, 0.6) is 0 Å². The molecule has 1 saturated carbocycles. The molecule has 2 rings (SSSR count). The highest BCUT2D eigenvalue weighted by molar-refractivity contribution is 5.37. The van der Waals surface area contributed by atoms with Gasteiger partial charge in [-0.05, 0) is 25.7 Å². The van der Waals surface area contributed by atoms with Crippen LogP contribution in [0.4, 0.5) is 10.1 Å². The maximum Gasteiger partial charge on any atom is 0.313 e. The molecule has 8 heteroatoms. The summed E-state index contributed by atoms with van der Waals surface area (Å²) in [5.41, 5.74) is 3.48. The number of halogens is 1. The number of rotatable bonds is 2. The molecule has 0 aromatic carbocycles. The maximum atomic E-state index is 15.1. The van der Waals surface area contributed by atoms with Gasteiger partial charge < -0.3 is 10.8 Å². The highest BCUT2D eigenvalue weighted by Crippen LogP contribution is 2.42. The molecule has 2 unspecified atom stereocenters. The van der Waals surface area contributed by atoms with Crippen molar-refractivity contribution in [2.24, 2.45) is 12.8 Å². The molecule has 3 N–H and O–H groups in total. The van der Waals surface area contributed by atoms with Gasteiger partial charge in [-0.3, -0.25) is 14.8 Å². The Balaban J connectivity index is 2.39. The Bertz CT molecular complexity index is 478. The number of hydrogen-bond acceptors (Lipinski definition) is 5. The van der Waals surface area contributed by atoms with Crippen LogP contribution in [0, 0.1) is 10.1 Å². The molecule has 0 radical (unpaired) electrons. The first-order valence-electron chi connectivity index (χ1n) is 6.14. The number of nitro groups is 1. The Hall–Kier alpha value is -1.54. The molecule has 0 aliphatic heterocycles. The smallest absolute Gasteiger partial charge is 0.313 e. The highest BCUT2D eigenvalue weighted by Gasteiger charge is 2.44. The van der Waals surface area contributed by atoms with E-state index in [9.17, 15) is 15.2 Å². The average molecular weight is 272 g/mol. The lowest BCUT2D eigenvalue weighted by Crippen LogP contribution is -2.33. The largest absolute Gasteiger partial charge is 0.392 e. The van der Waals surface area contributed by atoms with Gasteiger partial charge in [-0.1, -0.05) is 0 Å². The van der Waals surface area contributed by atoms with Crippen molar-refractivity contribution >= 4 is 5.69 Å². The molecular formula is C11H17FN4O3. The van der Waals surface area contributed by atoms with Crippen LogP contribution >= 0.6 is 0 Å². The zero-order valence-corrected chi connectivity index (χ0v) is 10.6. The highest BCUT2D eigenvalue weighted by atomic mass is 19.1. The molecule has 1 aliphatic rings. The van der Waals surface area contributed by atoms with E-state index in [2.05, 4.69) is 5.10 Å². The quantitative estimate of drug-likeness (QED) is 0.469. The molecule has 0 saturated heterocycles. The second kappa shape index (κ2) is 4.86. The monoisotopic (exact) mass is 272 g/mol. The summed E-state index contributed by atoms with van der Waals surface area (Å²) in [5, 5.41) is 24.4. The SMILES string of the molecule is Cn1ncc([N+](=O)[O-])c1C1(F)CCC(N)[C@H](O)CC1. The Morgan fingerprint density at radius 1 is 1.63 bits per heavy atom. The first kappa shape index (κ1) is 13.9. The molecule has 1 aromatic rings. The summed E-state index contributed by atoms with van der Waals surface area (Å²) in [5.74, 6) is 0. The van der Waals surface area contributed by atoms with Crippen molar-refractivity contribution in [3.05, 3.63) is 22.0 Å². The molecule has 0 amide bonds. The van der Waals surface area contributed by atoms with Gasteiger partial charge in [0.2, 0.25) is 0 Å². The zero-order chi connectivity index (χ0) is 14.2. The topological polar surface area (TPSA) is 107 Å². The number of nitrogens with two attached hydrogens (primary N) is 1. The number of nitrogens with zero attached hydrogens (tertiary/aromatic N) is 3. The molecular weight excluding hydrogens is 255 g/mol. The summed E-state index contributed by atoms with van der Waals surface area (Å²) >= 11 is 0. The van der Waals surface area contributed by atoms with Gasteiger partial charge in [0.1, 0.15) is 6.20 Å². The van der Waals surface area contributed by atoms with E-state index in [0.29, 0.717) is 0 Å². The minimum Gasteiger partial charge on any atom is -0.392 e. The summed E-state index contributed by atoms with van der Waals surface area (Å²) in [7, 11) is 1.48. The second-order valence-corrected chi connectivity index (χ2v) is 5.03. The van der Waals surface area contributed by atoms with Crippen LogP contribution in [0.3, 0.4) is 0 Å². The van der Waals surface area contributed by atoms with Crippen LogP contribution in [0.2, 0.25) is 0 Å². The fourth-order valence-electron chi connectivity index (χ4n) is 2.62. The lowest BCUT2D eigenvalue weighted by atomic mass is 9.91. The number of aryl methyl sites for hydroxylation is 1. The first-order chi connectivity index (χ1) is 8.85. The third-order valence-corrected chi connectivity index (χ3v) is 3.75. The van der Waals surface area contributed by atoms with Gasteiger partial charge in [0.15, 0.2) is 11.4 Å². The van der Waals surface area contributed by atoms with Gasteiger partial charge in [0, 0.05) is 13.1 Å². The third kappa shape index (κ3) is 2.45. The van der Waals surface area contributed by atoms with E-state index < -0.39 is 22.7 Å². The molecule has 0 spiro atoms. The lowest BCUT2D eigenvalue weighted by molar-refractivity contribution is -0.386. The summed E-state index contributed by atoms with van der Waals surface area (Å²) < 4.78 is 16.3. The van der Waals surface area contributed by atoms with Gasteiger partial charge in [-0.25, -0.2) is 4.39 Å². The third-order valence-electron chi connectivity index (χ3n) is 3.75. The lowest BCUT2D eigenvalue weighted by Gasteiger charge is -2.23. The summed E-state index contributed by atoms with van der Waals surface area (Å²) in [6.07, 6.45) is 0.788. The van der Waals surface area contributed by atoms with Gasteiger partial charge in [0.05, 0.1) is 11.0 Å². The molecule has 1 fully saturated rings. The van der Waals surface area contributed by atoms with Crippen molar-refractivity contribution in [1.29, 1.82) is 0 Å². The Labute approximate surface area is 109 Å². The van der Waals surface area contributed by atoms with Gasteiger partial charge in [-0.2, -0.15) is 5.10 Å². The number of alkyl halides is 1. The first-order valence-corrected chi connectivity index (χ1v) is 6.14. The summed E-state index contributed by atoms with van der Waals surface area (Å²) in [6.45, 7) is 0. The maximum absolute atomic E-state index is 15.1. The molecule has 3 atom stereocenters. The van der Waals surface area contributed by atoms with E-state index in [1.807, 2.05) is 0 Å². The van der Waals surface area contributed by atoms with E-state index >= 15 is 4.39 Å². The Morgan fingerprint density at radius 3 is 2.89 bits per heavy atom. The molecule has 0 bridgehead atoms. The normalized spacial score (nSPS) is 32.0. The van der Waals surface area contributed by atoms with Crippen molar-refractivity contribution in [2.75, 3.05) is 0 Å². The number of aromatic nitrogens is 2. The Morgan fingerprint density at radius 2 is 2.26 bits per heavy atom. The molecule has 106 valence electrons. The van der Waals surface area contributed by atoms with Crippen LogP contribution in [-0.2, 0) is 12.7 Å². The fraction of sp³-hybridized carbons (Fsp3) is 0.727. The van der Waals surface area contributed by atoms with Crippen molar-refractivity contribution in [1.82, 2.24) is 9.78 Å². The minimum absolute atomic E-state index is 0.00222. The summed E-state index contributed by atoms with van der Waals surface area (Å²) in [6, 6.07) is -0.495. The van der Waals surface area contributed by atoms with Gasteiger partial charge in [0.25, 0.3) is 0 Å². The molecule has 1 aromatic heterocycles. The van der Waals surface area contributed by atoms with Crippen LogP contribution < -0.4 is 5.73 Å². The van der Waals surface area contributed by atoms with Gasteiger partial charge >= 0.3 is 5.69 Å². The van der Waals surface area contributed by atoms with E-state index in [0.717, 1.165) is 6.20 Å². The zero-order valence-electron chi connectivity index (χ0n) is 10.6. The minimum atomic E-state index is -1.87. The second-order valence-electron chi connectivity index (χ2n) is 5.03.